The van der Waals surface area contributed by atoms with Crippen molar-refractivity contribution in [3.8, 4) is 5.75 Å². The molecule has 1 atom stereocenters. The third kappa shape index (κ3) is 5.42. The molecule has 1 aliphatic heterocycles. The van der Waals surface area contributed by atoms with Gasteiger partial charge in [0, 0.05) is 18.7 Å². The SMILES string of the molecule is COc1ccccc1CN1C(=O)CN(S(=O)(=O)c2ccccc2)CC1(C)C(=O)NCCC(C)C. The van der Waals surface area contributed by atoms with Gasteiger partial charge in [-0.15, -0.1) is 0 Å². The molecule has 9 heteroatoms. The Balaban J connectivity index is 1.97. The Morgan fingerprint density at radius 2 is 1.76 bits per heavy atom. The summed E-state index contributed by atoms with van der Waals surface area (Å²) in [6.07, 6.45) is 0.772. The molecule has 0 bridgehead atoms. The molecule has 0 spiro atoms. The topological polar surface area (TPSA) is 96.0 Å². The van der Waals surface area contributed by atoms with Gasteiger partial charge in [-0.05, 0) is 37.5 Å². The van der Waals surface area contributed by atoms with Gasteiger partial charge in [0.15, 0.2) is 0 Å². The first-order valence-electron chi connectivity index (χ1n) is 11.4. The minimum atomic E-state index is -3.96. The highest BCUT2D eigenvalue weighted by Gasteiger charge is 2.50. The third-order valence-corrected chi connectivity index (χ3v) is 7.90. The Morgan fingerprint density at radius 3 is 2.41 bits per heavy atom. The van der Waals surface area contributed by atoms with Crippen LogP contribution in [0.5, 0.6) is 5.75 Å². The minimum absolute atomic E-state index is 0.0866. The van der Waals surface area contributed by atoms with Crippen LogP contribution < -0.4 is 10.1 Å². The highest BCUT2D eigenvalue weighted by molar-refractivity contribution is 7.89. The summed E-state index contributed by atoms with van der Waals surface area (Å²) in [4.78, 5) is 28.4. The molecule has 3 rings (SSSR count). The van der Waals surface area contributed by atoms with Crippen molar-refractivity contribution in [3.63, 3.8) is 0 Å². The van der Waals surface area contributed by atoms with Gasteiger partial charge in [0.2, 0.25) is 21.8 Å². The van der Waals surface area contributed by atoms with Crippen molar-refractivity contribution in [2.24, 2.45) is 5.92 Å². The maximum Gasteiger partial charge on any atom is 0.247 e. The summed E-state index contributed by atoms with van der Waals surface area (Å²) in [5.74, 6) is 0.153. The molecule has 0 saturated carbocycles. The number of hydrogen-bond donors (Lipinski definition) is 1. The van der Waals surface area contributed by atoms with Crippen LogP contribution in [0.1, 0.15) is 32.8 Å². The Bertz CT molecular complexity index is 1120. The molecular weight excluding hydrogens is 454 g/mol. The molecule has 8 nitrogen and oxygen atoms in total. The van der Waals surface area contributed by atoms with E-state index in [0.29, 0.717) is 18.2 Å². The molecule has 1 saturated heterocycles. The highest BCUT2D eigenvalue weighted by atomic mass is 32.2. The third-order valence-electron chi connectivity index (χ3n) is 6.09. The van der Waals surface area contributed by atoms with E-state index in [9.17, 15) is 18.0 Å². The van der Waals surface area contributed by atoms with Crippen LogP contribution in [0.3, 0.4) is 0 Å². The molecule has 1 unspecified atom stereocenters. The summed E-state index contributed by atoms with van der Waals surface area (Å²) < 4.78 is 33.2. The number of nitrogens with one attached hydrogen (secondary N) is 1. The lowest BCUT2D eigenvalue weighted by Gasteiger charge is -2.47. The van der Waals surface area contributed by atoms with Crippen LogP contribution in [-0.2, 0) is 26.2 Å². The monoisotopic (exact) mass is 487 g/mol. The van der Waals surface area contributed by atoms with Gasteiger partial charge in [0.1, 0.15) is 11.3 Å². The number of ether oxygens (including phenoxy) is 1. The summed E-state index contributed by atoms with van der Waals surface area (Å²) >= 11 is 0. The van der Waals surface area contributed by atoms with Crippen LogP contribution in [0.15, 0.2) is 59.5 Å². The van der Waals surface area contributed by atoms with E-state index < -0.39 is 21.5 Å². The summed E-state index contributed by atoms with van der Waals surface area (Å²) in [7, 11) is -2.42. The minimum Gasteiger partial charge on any atom is -0.496 e. The van der Waals surface area contributed by atoms with Crippen molar-refractivity contribution in [3.05, 3.63) is 60.2 Å². The first-order valence-corrected chi connectivity index (χ1v) is 12.8. The van der Waals surface area contributed by atoms with Gasteiger partial charge in [0.25, 0.3) is 0 Å². The molecular formula is C25H33N3O5S. The van der Waals surface area contributed by atoms with Crippen LogP contribution in [0.4, 0.5) is 0 Å². The lowest BCUT2D eigenvalue weighted by molar-refractivity contribution is -0.153. The molecule has 1 N–H and O–H groups in total. The van der Waals surface area contributed by atoms with Gasteiger partial charge in [-0.2, -0.15) is 4.31 Å². The molecule has 2 amide bonds. The molecule has 1 aliphatic rings. The molecule has 0 aromatic heterocycles. The Labute approximate surface area is 201 Å². The average Bonchev–Trinajstić information content (AvgIpc) is 2.81. The summed E-state index contributed by atoms with van der Waals surface area (Å²) in [5, 5.41) is 2.92. The van der Waals surface area contributed by atoms with Crippen molar-refractivity contribution in [1.29, 1.82) is 0 Å². The number of carbonyl (C=O) groups is 2. The zero-order valence-electron chi connectivity index (χ0n) is 20.2. The van der Waals surface area contributed by atoms with Crippen LogP contribution in [0.2, 0.25) is 0 Å². The summed E-state index contributed by atoms with van der Waals surface area (Å²) in [5.41, 5.74) is -0.673. The van der Waals surface area contributed by atoms with Crippen molar-refractivity contribution in [2.75, 3.05) is 26.7 Å². The standard InChI is InChI=1S/C25H33N3O5S/c1-19(2)14-15-26-24(30)25(3)18-27(34(31,32)21-11-6-5-7-12-21)17-23(29)28(25)16-20-10-8-9-13-22(20)33-4/h5-13,19H,14-18H2,1-4H3,(H,26,30). The van der Waals surface area contributed by atoms with Crippen molar-refractivity contribution < 1.29 is 22.7 Å². The number of nitrogens with zero attached hydrogens (tertiary/aromatic N) is 2. The van der Waals surface area contributed by atoms with E-state index in [1.165, 1.54) is 17.0 Å². The van der Waals surface area contributed by atoms with E-state index in [1.807, 2.05) is 18.2 Å². The van der Waals surface area contributed by atoms with E-state index in [1.54, 1.807) is 38.3 Å². The number of piperazine rings is 1. The van der Waals surface area contributed by atoms with Crippen LogP contribution in [0, 0.1) is 5.92 Å². The predicted molar refractivity (Wildman–Crippen MR) is 130 cm³/mol. The lowest BCUT2D eigenvalue weighted by atomic mass is 9.94. The van der Waals surface area contributed by atoms with E-state index in [4.69, 9.17) is 4.74 Å². The maximum absolute atomic E-state index is 13.5. The number of para-hydroxylation sites is 1. The largest absolute Gasteiger partial charge is 0.496 e. The van der Waals surface area contributed by atoms with Crippen molar-refractivity contribution in [1.82, 2.24) is 14.5 Å². The van der Waals surface area contributed by atoms with Gasteiger partial charge in [0.05, 0.1) is 25.1 Å². The Hall–Kier alpha value is -2.91. The van der Waals surface area contributed by atoms with Crippen LogP contribution in [0.25, 0.3) is 0 Å². The Kier molecular flexibility index (Phi) is 7.99. The molecule has 1 heterocycles. The zero-order valence-corrected chi connectivity index (χ0v) is 21.0. The first-order chi connectivity index (χ1) is 16.1. The molecule has 1 fully saturated rings. The number of carbonyl (C=O) groups excluding carboxylic acids is 2. The molecule has 2 aromatic rings. The molecule has 0 aliphatic carbocycles. The van der Waals surface area contributed by atoms with Gasteiger partial charge in [-0.25, -0.2) is 8.42 Å². The predicted octanol–water partition coefficient (Wildman–Crippen LogP) is 2.65. The van der Waals surface area contributed by atoms with E-state index in [2.05, 4.69) is 19.2 Å². The van der Waals surface area contributed by atoms with Crippen LogP contribution in [-0.4, -0.2) is 61.7 Å². The smallest absolute Gasteiger partial charge is 0.247 e. The first kappa shape index (κ1) is 25.7. The van der Waals surface area contributed by atoms with E-state index >= 15 is 0 Å². The van der Waals surface area contributed by atoms with Gasteiger partial charge >= 0.3 is 0 Å². The fraction of sp³-hybridized carbons (Fsp3) is 0.440. The van der Waals surface area contributed by atoms with Crippen molar-refractivity contribution >= 4 is 21.8 Å². The normalized spacial score (nSPS) is 19.3. The molecule has 0 radical (unpaired) electrons. The fourth-order valence-corrected chi connectivity index (χ4v) is 5.53. The van der Waals surface area contributed by atoms with Crippen molar-refractivity contribution in [2.45, 2.75) is 44.2 Å². The zero-order chi connectivity index (χ0) is 24.9. The number of sulfonamides is 1. The van der Waals surface area contributed by atoms with E-state index in [0.717, 1.165) is 16.3 Å². The number of hydrogen-bond acceptors (Lipinski definition) is 5. The Morgan fingerprint density at radius 1 is 1.12 bits per heavy atom. The van der Waals surface area contributed by atoms with Gasteiger partial charge < -0.3 is 15.0 Å². The number of rotatable bonds is 9. The second-order valence-corrected chi connectivity index (χ2v) is 11.0. The molecule has 2 aromatic carbocycles. The molecule has 184 valence electrons. The quantitative estimate of drug-likeness (QED) is 0.587. The number of methoxy groups -OCH3 is 1. The van der Waals surface area contributed by atoms with Gasteiger partial charge in [-0.3, -0.25) is 9.59 Å². The van der Waals surface area contributed by atoms with E-state index in [-0.39, 0.29) is 30.4 Å². The number of amides is 2. The fourth-order valence-electron chi connectivity index (χ4n) is 4.03. The summed E-state index contributed by atoms with van der Waals surface area (Å²) in [6.45, 7) is 5.79. The lowest BCUT2D eigenvalue weighted by Crippen LogP contribution is -2.69. The van der Waals surface area contributed by atoms with Gasteiger partial charge in [-0.1, -0.05) is 50.2 Å². The number of benzene rings is 2. The highest BCUT2D eigenvalue weighted by Crippen LogP contribution is 2.31. The maximum atomic E-state index is 13.5. The average molecular weight is 488 g/mol. The summed E-state index contributed by atoms with van der Waals surface area (Å²) in [6, 6.07) is 15.2. The second kappa shape index (κ2) is 10.6. The molecule has 34 heavy (non-hydrogen) atoms. The van der Waals surface area contributed by atoms with Crippen LogP contribution >= 0.6 is 0 Å². The second-order valence-electron chi connectivity index (χ2n) is 9.09.